The maximum atomic E-state index is 14.5. The highest BCUT2D eigenvalue weighted by atomic mass is 19.4. The van der Waals surface area contributed by atoms with E-state index < -0.39 is 35.6 Å². The zero-order valence-electron chi connectivity index (χ0n) is 21.7. The van der Waals surface area contributed by atoms with Crippen LogP contribution in [0.4, 0.5) is 39.8 Å². The van der Waals surface area contributed by atoms with Crippen molar-refractivity contribution in [2.24, 2.45) is 5.92 Å². The van der Waals surface area contributed by atoms with Crippen LogP contribution in [0, 0.1) is 11.7 Å². The lowest BCUT2D eigenvalue weighted by Crippen LogP contribution is -2.42. The van der Waals surface area contributed by atoms with E-state index in [0.29, 0.717) is 18.8 Å². The van der Waals surface area contributed by atoms with Crippen molar-refractivity contribution in [2.45, 2.75) is 70.3 Å². The Morgan fingerprint density at radius 2 is 1.87 bits per heavy atom. The molecule has 0 saturated carbocycles. The zero-order chi connectivity index (χ0) is 27.8. The highest BCUT2D eigenvalue weighted by Crippen LogP contribution is 2.40. The Labute approximate surface area is 218 Å². The van der Waals surface area contributed by atoms with Gasteiger partial charge in [-0.05, 0) is 58.6 Å². The lowest BCUT2D eigenvalue weighted by molar-refractivity contribution is -0.181. The fraction of sp³-hybridized carbons (Fsp3) is 0.600. The zero-order valence-corrected chi connectivity index (χ0v) is 21.7. The van der Waals surface area contributed by atoms with Gasteiger partial charge in [-0.25, -0.2) is 19.1 Å². The molecule has 4 rings (SSSR count). The van der Waals surface area contributed by atoms with E-state index in [1.54, 1.807) is 6.07 Å². The van der Waals surface area contributed by atoms with Gasteiger partial charge in [0.2, 0.25) is 5.95 Å². The average Bonchev–Trinajstić information content (AvgIpc) is 3.26. The van der Waals surface area contributed by atoms with E-state index in [0.717, 1.165) is 37.8 Å². The molecule has 9 nitrogen and oxygen atoms in total. The lowest BCUT2D eigenvalue weighted by Gasteiger charge is -2.37. The van der Waals surface area contributed by atoms with Gasteiger partial charge in [0.05, 0.1) is 18.0 Å². The van der Waals surface area contributed by atoms with Crippen molar-refractivity contribution in [1.29, 1.82) is 0 Å². The van der Waals surface area contributed by atoms with E-state index >= 15 is 0 Å². The fourth-order valence-electron chi connectivity index (χ4n) is 4.71. The summed E-state index contributed by atoms with van der Waals surface area (Å²) in [7, 11) is 0. The van der Waals surface area contributed by atoms with Crippen molar-refractivity contribution in [2.75, 3.05) is 34.8 Å². The van der Waals surface area contributed by atoms with Gasteiger partial charge in [0.15, 0.2) is 11.6 Å². The molecule has 0 spiro atoms. The number of aliphatic hydroxyl groups excluding tert-OH is 1. The fourth-order valence-corrected chi connectivity index (χ4v) is 4.71. The Bertz CT molecular complexity index is 1150. The number of hydrogen-bond donors (Lipinski definition) is 2. The van der Waals surface area contributed by atoms with Crippen LogP contribution in [0.25, 0.3) is 0 Å². The first-order chi connectivity index (χ1) is 17.8. The van der Waals surface area contributed by atoms with Gasteiger partial charge < -0.3 is 20.1 Å². The minimum Gasteiger partial charge on any atom is -0.447 e. The predicted octanol–water partition coefficient (Wildman–Crippen LogP) is 4.27. The maximum absolute atomic E-state index is 14.5. The summed E-state index contributed by atoms with van der Waals surface area (Å²) in [5.74, 6) is -0.758. The number of hydrogen-bond acceptors (Lipinski definition) is 8. The number of piperidine rings is 1. The van der Waals surface area contributed by atoms with E-state index in [2.05, 4.69) is 20.3 Å². The molecular formula is C25H32F4N6O3. The van der Waals surface area contributed by atoms with E-state index in [4.69, 9.17) is 4.74 Å². The van der Waals surface area contributed by atoms with E-state index in [1.807, 2.05) is 11.8 Å². The van der Waals surface area contributed by atoms with Crippen molar-refractivity contribution in [3.8, 4) is 0 Å². The number of cyclic esters (lactones) is 1. The van der Waals surface area contributed by atoms with Crippen LogP contribution in [-0.4, -0.2) is 70.2 Å². The second kappa shape index (κ2) is 10.5. The standard InChI is InChI=1S/C25H32F4N6O3/c1-14(32-22-31-12-18(26)21(33-22)35-19(15(2)36)13-38-23(35)37)16-6-9-34(10-7-16)17-5-8-30-20(11-17)24(3,4)25(27,28)29/h5,8,11-12,14-16,19,36H,6-7,9-10,13H2,1-4H3,(H,31,32,33)/t14-,15-,19?/m0/s1. The van der Waals surface area contributed by atoms with Crippen LogP contribution < -0.4 is 15.1 Å². The van der Waals surface area contributed by atoms with Crippen molar-refractivity contribution < 1.29 is 32.2 Å². The lowest BCUT2D eigenvalue weighted by atomic mass is 9.87. The number of rotatable bonds is 7. The second-order valence-corrected chi connectivity index (χ2v) is 10.4. The summed E-state index contributed by atoms with van der Waals surface area (Å²) in [6, 6.07) is 2.35. The number of carbonyl (C=O) groups excluding carboxylic acids is 1. The van der Waals surface area contributed by atoms with E-state index in [1.165, 1.54) is 19.2 Å². The number of halogens is 4. The molecule has 2 aromatic heterocycles. The molecule has 38 heavy (non-hydrogen) atoms. The van der Waals surface area contributed by atoms with Gasteiger partial charge in [-0.1, -0.05) is 0 Å². The number of carbonyl (C=O) groups is 1. The van der Waals surface area contributed by atoms with Gasteiger partial charge in [0, 0.05) is 31.0 Å². The number of ether oxygens (including phenoxy) is 1. The van der Waals surface area contributed by atoms with Crippen LogP contribution >= 0.6 is 0 Å². The summed E-state index contributed by atoms with van der Waals surface area (Å²) in [6.07, 6.45) is -2.27. The molecule has 2 aromatic rings. The van der Waals surface area contributed by atoms with Crippen LogP contribution in [0.15, 0.2) is 24.5 Å². The minimum atomic E-state index is -4.42. The quantitative estimate of drug-likeness (QED) is 0.502. The summed E-state index contributed by atoms with van der Waals surface area (Å²) < 4.78 is 60.0. The Kier molecular flexibility index (Phi) is 7.69. The van der Waals surface area contributed by atoms with Gasteiger partial charge in [-0.2, -0.15) is 18.2 Å². The second-order valence-electron chi connectivity index (χ2n) is 10.4. The van der Waals surface area contributed by atoms with Gasteiger partial charge in [0.25, 0.3) is 0 Å². The predicted molar refractivity (Wildman–Crippen MR) is 133 cm³/mol. The van der Waals surface area contributed by atoms with Crippen LogP contribution in [-0.2, 0) is 10.2 Å². The number of amides is 1. The van der Waals surface area contributed by atoms with Crippen LogP contribution in [0.1, 0.15) is 46.2 Å². The number of pyridine rings is 1. The first-order valence-electron chi connectivity index (χ1n) is 12.5. The summed E-state index contributed by atoms with van der Waals surface area (Å²) in [6.45, 7) is 6.87. The molecule has 2 aliphatic heterocycles. The summed E-state index contributed by atoms with van der Waals surface area (Å²) in [5.41, 5.74) is -1.39. The smallest absolute Gasteiger partial charge is 0.416 e. The third-order valence-corrected chi connectivity index (χ3v) is 7.48. The Morgan fingerprint density at radius 3 is 2.50 bits per heavy atom. The number of nitrogens with one attached hydrogen (secondary N) is 1. The summed E-state index contributed by atoms with van der Waals surface area (Å²) in [4.78, 5) is 27.4. The monoisotopic (exact) mass is 540 g/mol. The third-order valence-electron chi connectivity index (χ3n) is 7.48. The third kappa shape index (κ3) is 5.47. The van der Waals surface area contributed by atoms with Gasteiger partial charge in [-0.3, -0.25) is 4.98 Å². The Balaban J connectivity index is 1.41. The first-order valence-corrected chi connectivity index (χ1v) is 12.5. The molecule has 0 radical (unpaired) electrons. The van der Waals surface area contributed by atoms with Crippen molar-refractivity contribution >= 4 is 23.5 Å². The van der Waals surface area contributed by atoms with Crippen molar-refractivity contribution in [1.82, 2.24) is 15.0 Å². The van der Waals surface area contributed by atoms with E-state index in [9.17, 15) is 27.5 Å². The van der Waals surface area contributed by atoms with Gasteiger partial charge >= 0.3 is 12.3 Å². The van der Waals surface area contributed by atoms with Gasteiger partial charge in [-0.15, -0.1) is 0 Å². The average molecular weight is 541 g/mol. The maximum Gasteiger partial charge on any atom is 0.416 e. The minimum absolute atomic E-state index is 0.0244. The number of alkyl halides is 3. The SMILES string of the molecule is C[C@H](O)C1COC(=O)N1c1nc(N[C@@H](C)C2CCN(c3ccnc(C(C)(C)C(F)(F)F)c3)CC2)ncc1F. The van der Waals surface area contributed by atoms with E-state index in [-0.39, 0.29) is 36.0 Å². The topological polar surface area (TPSA) is 104 Å². The highest BCUT2D eigenvalue weighted by molar-refractivity contribution is 5.89. The van der Waals surface area contributed by atoms with Crippen LogP contribution in [0.5, 0.6) is 0 Å². The largest absolute Gasteiger partial charge is 0.447 e. The molecule has 2 N–H and O–H groups in total. The molecule has 1 unspecified atom stereocenters. The molecule has 0 aliphatic carbocycles. The molecule has 0 bridgehead atoms. The normalized spacial score (nSPS) is 20.9. The van der Waals surface area contributed by atoms with Crippen molar-refractivity contribution in [3.05, 3.63) is 36.0 Å². The molecule has 2 aliphatic rings. The molecule has 2 fully saturated rings. The molecule has 2 saturated heterocycles. The molecular weight excluding hydrogens is 508 g/mol. The Morgan fingerprint density at radius 1 is 1.18 bits per heavy atom. The molecule has 13 heteroatoms. The summed E-state index contributed by atoms with van der Waals surface area (Å²) >= 11 is 0. The molecule has 1 amide bonds. The van der Waals surface area contributed by atoms with Gasteiger partial charge in [0.1, 0.15) is 18.1 Å². The molecule has 208 valence electrons. The Hall–Kier alpha value is -3.22. The molecule has 3 atom stereocenters. The first kappa shape index (κ1) is 27.8. The summed E-state index contributed by atoms with van der Waals surface area (Å²) in [5, 5.41) is 13.1. The number of anilines is 3. The molecule has 0 aromatic carbocycles. The molecule has 4 heterocycles. The highest BCUT2D eigenvalue weighted by Gasteiger charge is 2.49. The van der Waals surface area contributed by atoms with Crippen LogP contribution in [0.3, 0.4) is 0 Å². The van der Waals surface area contributed by atoms with Crippen LogP contribution in [0.2, 0.25) is 0 Å². The number of aliphatic hydroxyl groups is 1. The number of aromatic nitrogens is 3. The number of nitrogens with zero attached hydrogens (tertiary/aromatic N) is 5. The van der Waals surface area contributed by atoms with Crippen molar-refractivity contribution in [3.63, 3.8) is 0 Å².